The van der Waals surface area contributed by atoms with Crippen LogP contribution >= 0.6 is 14.5 Å². The number of imidazole rings is 2. The first-order chi connectivity index (χ1) is 22.2. The lowest BCUT2D eigenvalue weighted by molar-refractivity contribution is -0.0635. The van der Waals surface area contributed by atoms with Gasteiger partial charge in [-0.25, -0.2) is 18.9 Å². The molecule has 0 saturated carbocycles. The molecule has 4 aromatic rings. The van der Waals surface area contributed by atoms with E-state index in [0.717, 1.165) is 6.33 Å². The highest BCUT2D eigenvalue weighted by atomic mass is 32.5. The zero-order valence-electron chi connectivity index (χ0n) is 23.8. The highest BCUT2D eigenvalue weighted by molar-refractivity contribution is 8.07. The number of nitrogens with two attached hydrogens (primary N) is 2. The fraction of sp³-hybridized carbons (Fsp3) is 0.524. The molecule has 0 spiro atoms. The lowest BCUT2D eigenvalue weighted by Crippen LogP contribution is -2.35. The largest absolute Gasteiger partial charge is 0.472 e. The summed E-state index contributed by atoms with van der Waals surface area (Å²) in [5.41, 5.74) is 11.0. The summed E-state index contributed by atoms with van der Waals surface area (Å²) >= 11 is 5.20. The Kier molecular flexibility index (Phi) is 8.05. The molecule has 0 radical (unpaired) electrons. The van der Waals surface area contributed by atoms with Crippen molar-refractivity contribution in [3.63, 3.8) is 0 Å². The van der Waals surface area contributed by atoms with Crippen molar-refractivity contribution in [3.05, 3.63) is 23.0 Å². The Morgan fingerprint density at radius 2 is 1.66 bits per heavy atom. The molecule has 0 aliphatic carbocycles. The van der Waals surface area contributed by atoms with Crippen LogP contribution in [0.25, 0.3) is 22.3 Å². The van der Waals surface area contributed by atoms with Crippen molar-refractivity contribution in [1.29, 1.82) is 0 Å². The summed E-state index contributed by atoms with van der Waals surface area (Å²) in [6, 6.07) is 0. The van der Waals surface area contributed by atoms with Crippen LogP contribution in [-0.2, 0) is 43.9 Å². The van der Waals surface area contributed by atoms with E-state index in [1.54, 1.807) is 7.05 Å². The number of hydrogen-bond acceptors (Lipinski definition) is 18. The van der Waals surface area contributed by atoms with E-state index in [2.05, 4.69) is 35.2 Å². The highest BCUT2D eigenvalue weighted by Crippen LogP contribution is 2.54. The summed E-state index contributed by atoms with van der Waals surface area (Å²) in [7, 11) is -3.57. The van der Waals surface area contributed by atoms with Crippen molar-refractivity contribution in [1.82, 2.24) is 39.0 Å². The van der Waals surface area contributed by atoms with Gasteiger partial charge in [0.05, 0.1) is 25.9 Å². The van der Waals surface area contributed by atoms with Crippen LogP contribution in [0.2, 0.25) is 0 Å². The van der Waals surface area contributed by atoms with Crippen LogP contribution in [0.15, 0.2) is 17.4 Å². The number of aliphatic hydroxyl groups is 1. The number of aromatic nitrogens is 8. The quantitative estimate of drug-likeness (QED) is 0.122. The summed E-state index contributed by atoms with van der Waals surface area (Å²) in [6.07, 6.45) is -10.7. The maximum Gasteiger partial charge on any atom is 0.472 e. The lowest BCUT2D eigenvalue weighted by atomic mass is 10.1. The van der Waals surface area contributed by atoms with Gasteiger partial charge in [-0.2, -0.15) is 15.0 Å². The molecule has 7 rings (SSSR count). The normalized spacial score (nSPS) is 36.5. The number of alkyl halides is 1. The monoisotopic (exact) mass is 721 g/mol. The molecule has 3 aliphatic heterocycles. The number of nitrogen functional groups attached to an aromatic ring is 2. The van der Waals surface area contributed by atoms with E-state index < -0.39 is 82.5 Å². The first-order valence-electron chi connectivity index (χ1n) is 13.6. The SMILES string of the molecule is CNc1nc(N)c2ncn([C@@H]3O[C@@H]4COP(O)(=S)O[C@H]5C(O)[C@@H](COP(=O)(O)O[C@@H]4C3F)O[C@H]5n3cnc4c(=O)[nH]c(N)nc43)c2n1. The standard InChI is InChI=1S/C21H26FN11O11P2S/c1-25-21-28-14(23)9-15(30-21)32(4-26-9)18-8(22)12-7(42-18)3-40-46(38,47)44-13-11(34)6(2-39-45(36,37)43-12)41-19(13)33-5-27-10-16(33)29-20(24)31-17(10)35/h4-8,11-13,18-19,34H,2-3H2,1H3,(H,36,37)(H,38,47)(H3,23,25,28,30)(H3,24,29,31,35)/t6-,7-,8?,11?,12+,13+,18-,19-,46?/m1/s1. The van der Waals surface area contributed by atoms with Gasteiger partial charge in [0.2, 0.25) is 11.9 Å². The van der Waals surface area contributed by atoms with E-state index in [4.69, 9.17) is 50.8 Å². The van der Waals surface area contributed by atoms with Gasteiger partial charge in [-0.05, 0) is 11.8 Å². The van der Waals surface area contributed by atoms with Gasteiger partial charge in [-0.3, -0.25) is 32.5 Å². The number of H-pyrrole nitrogens is 1. The van der Waals surface area contributed by atoms with E-state index >= 15 is 4.39 Å². The smallest absolute Gasteiger partial charge is 0.387 e. The zero-order chi connectivity index (χ0) is 33.4. The summed E-state index contributed by atoms with van der Waals surface area (Å²) < 4.78 is 64.8. The second kappa shape index (κ2) is 11.7. The van der Waals surface area contributed by atoms with Crippen molar-refractivity contribution >= 4 is 66.4 Å². The van der Waals surface area contributed by atoms with Gasteiger partial charge in [0.15, 0.2) is 41.3 Å². The van der Waals surface area contributed by atoms with Crippen LogP contribution in [0.1, 0.15) is 12.5 Å². The Bertz CT molecular complexity index is 2020. The van der Waals surface area contributed by atoms with E-state index in [-0.39, 0.29) is 40.0 Å². The average Bonchev–Trinajstić information content (AvgIpc) is 3.76. The molecule has 3 saturated heterocycles. The third-order valence-corrected chi connectivity index (χ3v) is 10.1. The number of nitrogens with one attached hydrogen (secondary N) is 2. The third-order valence-electron chi connectivity index (χ3n) is 7.56. The number of aromatic amines is 1. The number of halogens is 1. The Morgan fingerprint density at radius 1 is 1.00 bits per heavy atom. The fourth-order valence-electron chi connectivity index (χ4n) is 5.44. The first kappa shape index (κ1) is 32.3. The van der Waals surface area contributed by atoms with Gasteiger partial charge in [0.1, 0.15) is 36.0 Å². The fourth-order valence-corrected chi connectivity index (χ4v) is 7.81. The van der Waals surface area contributed by atoms with Crippen LogP contribution in [-0.4, -0.2) is 111 Å². The first-order valence-corrected chi connectivity index (χ1v) is 17.7. The predicted molar refractivity (Wildman–Crippen MR) is 159 cm³/mol. The van der Waals surface area contributed by atoms with Gasteiger partial charge >= 0.3 is 14.5 Å². The Morgan fingerprint density at radius 3 is 2.40 bits per heavy atom. The number of aliphatic hydroxyl groups excluding tert-OH is 1. The number of rotatable bonds is 3. The zero-order valence-corrected chi connectivity index (χ0v) is 26.4. The number of nitrogens with zero attached hydrogens (tertiary/aromatic N) is 7. The van der Waals surface area contributed by atoms with Crippen LogP contribution in [0.3, 0.4) is 0 Å². The maximum absolute atomic E-state index is 16.1. The summed E-state index contributed by atoms with van der Waals surface area (Å²) in [6.45, 7) is -5.86. The lowest BCUT2D eigenvalue weighted by Gasteiger charge is -2.27. The number of fused-ring (bicyclic) bond motifs is 5. The molecule has 4 aromatic heterocycles. The molecule has 0 aromatic carbocycles. The van der Waals surface area contributed by atoms with Gasteiger partial charge in [-0.15, -0.1) is 0 Å². The van der Waals surface area contributed by atoms with E-state index in [1.165, 1.54) is 15.5 Å². The maximum atomic E-state index is 16.1. The molecule has 47 heavy (non-hydrogen) atoms. The number of phosphoric ester groups is 1. The average molecular weight is 722 g/mol. The van der Waals surface area contributed by atoms with Crippen LogP contribution in [0, 0.1) is 0 Å². The minimum Gasteiger partial charge on any atom is -0.387 e. The molecule has 7 heterocycles. The van der Waals surface area contributed by atoms with Gasteiger partial charge in [-0.1, -0.05) is 0 Å². The van der Waals surface area contributed by atoms with Crippen molar-refractivity contribution in [2.24, 2.45) is 0 Å². The molecule has 10 atom stereocenters. The molecule has 0 amide bonds. The molecule has 4 unspecified atom stereocenters. The molecule has 3 fully saturated rings. The summed E-state index contributed by atoms with van der Waals surface area (Å²) in [4.78, 5) is 56.8. The summed E-state index contributed by atoms with van der Waals surface area (Å²) in [5, 5.41) is 13.8. The van der Waals surface area contributed by atoms with Crippen molar-refractivity contribution in [2.45, 2.75) is 49.1 Å². The molecule has 9 N–H and O–H groups in total. The van der Waals surface area contributed by atoms with Crippen LogP contribution < -0.4 is 22.3 Å². The second-order valence-electron chi connectivity index (χ2n) is 10.5. The van der Waals surface area contributed by atoms with Gasteiger partial charge in [0.25, 0.3) is 5.56 Å². The Labute approximate surface area is 266 Å². The minimum absolute atomic E-state index is 0.00731. The predicted octanol–water partition coefficient (Wildman–Crippen LogP) is -1.21. The van der Waals surface area contributed by atoms with Crippen molar-refractivity contribution < 1.29 is 51.4 Å². The molecule has 254 valence electrons. The molecule has 22 nitrogen and oxygen atoms in total. The highest BCUT2D eigenvalue weighted by Gasteiger charge is 2.54. The van der Waals surface area contributed by atoms with Gasteiger partial charge < -0.3 is 45.7 Å². The van der Waals surface area contributed by atoms with E-state index in [1.807, 2.05) is 0 Å². The van der Waals surface area contributed by atoms with E-state index in [0.29, 0.717) is 0 Å². The number of hydrogen-bond donors (Lipinski definition) is 7. The summed E-state index contributed by atoms with van der Waals surface area (Å²) in [5.74, 6) is -0.160. The Hall–Kier alpha value is -3.25. The molecule has 3 aliphatic rings. The van der Waals surface area contributed by atoms with Crippen LogP contribution in [0.4, 0.5) is 22.1 Å². The van der Waals surface area contributed by atoms with Crippen LogP contribution in [0.5, 0.6) is 0 Å². The van der Waals surface area contributed by atoms with E-state index in [9.17, 15) is 24.3 Å². The molecule has 26 heteroatoms. The number of anilines is 3. The number of ether oxygens (including phenoxy) is 2. The minimum atomic E-state index is -5.12. The van der Waals surface area contributed by atoms with Gasteiger partial charge in [0, 0.05) is 7.05 Å². The molecular weight excluding hydrogens is 695 g/mol. The Balaban J connectivity index is 1.21. The topological polar surface area (TPSA) is 304 Å². The second-order valence-corrected chi connectivity index (χ2v) is 14.7. The molecular formula is C21H26FN11O11P2S. The number of phosphoric acid groups is 1. The molecule has 2 bridgehead atoms. The van der Waals surface area contributed by atoms with Crippen molar-refractivity contribution in [2.75, 3.05) is 37.0 Å². The third kappa shape index (κ3) is 5.79. The van der Waals surface area contributed by atoms with Crippen molar-refractivity contribution in [3.8, 4) is 0 Å².